The van der Waals surface area contributed by atoms with Crippen LogP contribution < -0.4 is 14.8 Å². The van der Waals surface area contributed by atoms with Gasteiger partial charge in [-0.1, -0.05) is 24.8 Å². The second kappa shape index (κ2) is 15.6. The highest BCUT2D eigenvalue weighted by molar-refractivity contribution is 5.78. The van der Waals surface area contributed by atoms with Gasteiger partial charge >= 0.3 is 12.2 Å². The largest absolute Gasteiger partial charge is 0.494 e. The summed E-state index contributed by atoms with van der Waals surface area (Å²) in [5, 5.41) is 2.72. The van der Waals surface area contributed by atoms with Gasteiger partial charge in [0.05, 0.1) is 37.3 Å². The number of halogens is 3. The number of rotatable bonds is 16. The standard InChI is InChI=1S/C30H38F3N5O3/c1-8-12-16-41-28-27(34-6)21(10-3)17-25(37-28)23-18-24(35-19-26(23)40-7)20(5)38(11-4)29(39)36-22(13-9-2)14-15-30(31,32)33/h8-10,17-20,22H,1-3,6,11-16H2,4-5,7H3,(H,36,39). The highest BCUT2D eigenvalue weighted by atomic mass is 19.4. The van der Waals surface area contributed by atoms with Gasteiger partial charge in [0.25, 0.3) is 0 Å². The van der Waals surface area contributed by atoms with Crippen LogP contribution in [0.15, 0.2) is 55.2 Å². The zero-order valence-corrected chi connectivity index (χ0v) is 23.8. The summed E-state index contributed by atoms with van der Waals surface area (Å²) in [6.45, 7) is 19.0. The number of urea groups is 1. The summed E-state index contributed by atoms with van der Waals surface area (Å²) >= 11 is 0. The van der Waals surface area contributed by atoms with Gasteiger partial charge in [-0.3, -0.25) is 9.98 Å². The first-order valence-corrected chi connectivity index (χ1v) is 13.2. The minimum atomic E-state index is -4.32. The fourth-order valence-electron chi connectivity index (χ4n) is 4.17. The predicted octanol–water partition coefficient (Wildman–Crippen LogP) is 7.46. The molecular formula is C30H38F3N5O3. The summed E-state index contributed by atoms with van der Waals surface area (Å²) in [4.78, 5) is 27.9. The molecule has 0 aliphatic rings. The number of nitrogens with one attached hydrogen (secondary N) is 1. The van der Waals surface area contributed by atoms with Crippen LogP contribution in [0.5, 0.6) is 11.6 Å². The van der Waals surface area contributed by atoms with Gasteiger partial charge in [0.15, 0.2) is 0 Å². The number of nitrogens with zero attached hydrogens (tertiary/aromatic N) is 4. The molecule has 0 radical (unpaired) electrons. The van der Waals surface area contributed by atoms with E-state index in [1.54, 1.807) is 38.1 Å². The van der Waals surface area contributed by atoms with Gasteiger partial charge in [0, 0.05) is 30.1 Å². The minimum Gasteiger partial charge on any atom is -0.494 e. The molecule has 0 aliphatic heterocycles. The Morgan fingerprint density at radius 2 is 1.98 bits per heavy atom. The van der Waals surface area contributed by atoms with Crippen LogP contribution in [0.1, 0.15) is 56.8 Å². The topological polar surface area (TPSA) is 88.9 Å². The first kappa shape index (κ1) is 33.1. The predicted molar refractivity (Wildman–Crippen MR) is 157 cm³/mol. The van der Waals surface area contributed by atoms with E-state index in [9.17, 15) is 18.0 Å². The zero-order valence-electron chi connectivity index (χ0n) is 23.8. The molecule has 2 rings (SSSR count). The number of carbonyl (C=O) groups is 1. The fourth-order valence-corrected chi connectivity index (χ4v) is 4.17. The van der Waals surface area contributed by atoms with Crippen molar-refractivity contribution in [3.05, 3.63) is 61.5 Å². The van der Waals surface area contributed by atoms with Crippen LogP contribution in [0.2, 0.25) is 0 Å². The molecule has 8 nitrogen and oxygen atoms in total. The third-order valence-corrected chi connectivity index (χ3v) is 6.37. The van der Waals surface area contributed by atoms with Gasteiger partial charge in [-0.25, -0.2) is 9.78 Å². The molecule has 222 valence electrons. The van der Waals surface area contributed by atoms with E-state index in [-0.39, 0.29) is 25.3 Å². The second-order valence-corrected chi connectivity index (χ2v) is 9.13. The van der Waals surface area contributed by atoms with E-state index >= 15 is 0 Å². The number of pyridine rings is 2. The van der Waals surface area contributed by atoms with E-state index in [1.165, 1.54) is 24.3 Å². The number of aromatic nitrogens is 2. The Labute approximate surface area is 239 Å². The molecule has 2 heterocycles. The summed E-state index contributed by atoms with van der Waals surface area (Å²) in [7, 11) is 1.51. The van der Waals surface area contributed by atoms with Gasteiger partial charge in [-0.2, -0.15) is 13.2 Å². The number of aliphatic imine (C=N–C) groups is 1. The number of hydrogen-bond acceptors (Lipinski definition) is 6. The van der Waals surface area contributed by atoms with Gasteiger partial charge in [0.1, 0.15) is 11.4 Å². The highest BCUT2D eigenvalue weighted by Gasteiger charge is 2.30. The zero-order chi connectivity index (χ0) is 30.6. The molecule has 0 spiro atoms. The maximum absolute atomic E-state index is 13.2. The summed E-state index contributed by atoms with van der Waals surface area (Å²) in [6, 6.07) is 1.79. The summed E-state index contributed by atoms with van der Waals surface area (Å²) in [5.74, 6) is 0.704. The Kier molecular flexibility index (Phi) is 12.6. The van der Waals surface area contributed by atoms with E-state index in [1.807, 2.05) is 0 Å². The van der Waals surface area contributed by atoms with Crippen molar-refractivity contribution in [1.29, 1.82) is 0 Å². The number of carbonyl (C=O) groups excluding carboxylic acids is 1. The molecule has 0 saturated carbocycles. The highest BCUT2D eigenvalue weighted by Crippen LogP contribution is 2.38. The first-order valence-electron chi connectivity index (χ1n) is 13.2. The molecule has 2 unspecified atom stereocenters. The van der Waals surface area contributed by atoms with Crippen LogP contribution in [0.4, 0.5) is 23.7 Å². The van der Waals surface area contributed by atoms with Crippen molar-refractivity contribution in [3.63, 3.8) is 0 Å². The molecule has 1 N–H and O–H groups in total. The van der Waals surface area contributed by atoms with Gasteiger partial charge in [-0.05, 0) is 52.0 Å². The summed E-state index contributed by atoms with van der Waals surface area (Å²) < 4.78 is 49.8. The smallest absolute Gasteiger partial charge is 0.389 e. The van der Waals surface area contributed by atoms with E-state index in [0.29, 0.717) is 47.0 Å². The SMILES string of the molecule is C=CCCOc1nc(-c2cc(C(C)N(CC)C(=O)NC(CC=C)CCC(F)(F)F)ncc2OC)cc(C=C)c1N=C. The molecule has 0 fully saturated rings. The molecule has 0 aliphatic carbocycles. The average Bonchev–Trinajstić information content (AvgIpc) is 2.95. The molecule has 0 bridgehead atoms. The van der Waals surface area contributed by atoms with Crippen molar-refractivity contribution in [3.8, 4) is 22.9 Å². The number of ether oxygens (including phenoxy) is 2. The summed E-state index contributed by atoms with van der Waals surface area (Å²) in [5.41, 5.74) is 2.70. The van der Waals surface area contributed by atoms with Crippen molar-refractivity contribution in [1.82, 2.24) is 20.2 Å². The van der Waals surface area contributed by atoms with Crippen LogP contribution in [0.25, 0.3) is 17.3 Å². The lowest BCUT2D eigenvalue weighted by Crippen LogP contribution is -2.46. The lowest BCUT2D eigenvalue weighted by Gasteiger charge is -2.30. The van der Waals surface area contributed by atoms with E-state index in [4.69, 9.17) is 9.47 Å². The monoisotopic (exact) mass is 573 g/mol. The van der Waals surface area contributed by atoms with Crippen molar-refractivity contribution < 1.29 is 27.4 Å². The molecule has 2 aromatic heterocycles. The average molecular weight is 574 g/mol. The maximum Gasteiger partial charge on any atom is 0.389 e. The Morgan fingerprint density at radius 1 is 1.24 bits per heavy atom. The Hall–Kier alpha value is -4.15. The number of methoxy groups -OCH3 is 1. The maximum atomic E-state index is 13.2. The van der Waals surface area contributed by atoms with Gasteiger partial charge in [0.2, 0.25) is 5.88 Å². The van der Waals surface area contributed by atoms with Crippen LogP contribution >= 0.6 is 0 Å². The van der Waals surface area contributed by atoms with Crippen molar-refractivity contribution in [2.45, 2.75) is 57.8 Å². The molecule has 2 atom stereocenters. The normalized spacial score (nSPS) is 12.5. The molecule has 0 aromatic carbocycles. The van der Waals surface area contributed by atoms with E-state index in [0.717, 1.165) is 0 Å². The van der Waals surface area contributed by atoms with E-state index < -0.39 is 30.7 Å². The van der Waals surface area contributed by atoms with Crippen molar-refractivity contribution in [2.75, 3.05) is 20.3 Å². The Balaban J connectivity index is 2.45. The third-order valence-electron chi connectivity index (χ3n) is 6.37. The van der Waals surface area contributed by atoms with Crippen LogP contribution in [-0.4, -0.2) is 60.1 Å². The lowest BCUT2D eigenvalue weighted by molar-refractivity contribution is -0.136. The molecular weight excluding hydrogens is 535 g/mol. The van der Waals surface area contributed by atoms with Crippen LogP contribution in [-0.2, 0) is 0 Å². The number of hydrogen-bond donors (Lipinski definition) is 1. The third kappa shape index (κ3) is 9.19. The van der Waals surface area contributed by atoms with Gasteiger partial charge in [-0.15, -0.1) is 13.2 Å². The fraction of sp³-hybridized carbons (Fsp3) is 0.400. The Bertz CT molecular complexity index is 1230. The second-order valence-electron chi connectivity index (χ2n) is 9.13. The lowest BCUT2D eigenvalue weighted by atomic mass is 10.0. The van der Waals surface area contributed by atoms with Crippen LogP contribution in [0.3, 0.4) is 0 Å². The quantitative estimate of drug-likeness (QED) is 0.128. The molecule has 0 saturated heterocycles. The molecule has 11 heteroatoms. The molecule has 41 heavy (non-hydrogen) atoms. The van der Waals surface area contributed by atoms with Crippen LogP contribution in [0, 0.1) is 0 Å². The van der Waals surface area contributed by atoms with Crippen molar-refractivity contribution in [2.24, 2.45) is 4.99 Å². The van der Waals surface area contributed by atoms with Crippen molar-refractivity contribution >= 4 is 24.5 Å². The van der Waals surface area contributed by atoms with Gasteiger partial charge < -0.3 is 19.7 Å². The molecule has 2 amide bonds. The Morgan fingerprint density at radius 3 is 2.54 bits per heavy atom. The minimum absolute atomic E-state index is 0.211. The van der Waals surface area contributed by atoms with E-state index in [2.05, 4.69) is 46.7 Å². The first-order chi connectivity index (χ1) is 19.5. The number of amides is 2. The molecule has 2 aromatic rings. The number of alkyl halides is 3. The summed E-state index contributed by atoms with van der Waals surface area (Å²) in [6.07, 6.45) is 1.61.